The topological polar surface area (TPSA) is 29.5 Å². The van der Waals surface area contributed by atoms with Crippen molar-refractivity contribution < 1.29 is 9.84 Å². The Morgan fingerprint density at radius 1 is 1.38 bits per heavy atom. The highest BCUT2D eigenvalue weighted by atomic mass is 16.5. The molecule has 0 aromatic heterocycles. The molecule has 1 aromatic carbocycles. The molecular formula is C14H18O2. The lowest BCUT2D eigenvalue weighted by atomic mass is 9.80. The van der Waals surface area contributed by atoms with Crippen LogP contribution in [0.3, 0.4) is 0 Å². The first kappa shape index (κ1) is 10.2. The SMILES string of the molecule is OC(CC1CCC1)c1cccc2c1OCC2. The van der Waals surface area contributed by atoms with Crippen molar-refractivity contribution in [2.24, 2.45) is 5.92 Å². The first-order chi connectivity index (χ1) is 7.84. The second-order valence-corrected chi connectivity index (χ2v) is 4.98. The van der Waals surface area contributed by atoms with Gasteiger partial charge in [0.25, 0.3) is 0 Å². The molecule has 0 bridgehead atoms. The van der Waals surface area contributed by atoms with E-state index in [1.807, 2.05) is 12.1 Å². The molecule has 1 aromatic rings. The van der Waals surface area contributed by atoms with Crippen molar-refractivity contribution >= 4 is 0 Å². The minimum Gasteiger partial charge on any atom is -0.493 e. The van der Waals surface area contributed by atoms with Crippen LogP contribution >= 0.6 is 0 Å². The molecule has 3 rings (SSSR count). The summed E-state index contributed by atoms with van der Waals surface area (Å²) >= 11 is 0. The molecule has 0 spiro atoms. The van der Waals surface area contributed by atoms with E-state index in [0.717, 1.165) is 36.7 Å². The Kier molecular flexibility index (Phi) is 2.60. The minimum absolute atomic E-state index is 0.335. The van der Waals surface area contributed by atoms with Gasteiger partial charge < -0.3 is 9.84 Å². The van der Waals surface area contributed by atoms with Gasteiger partial charge in [-0.2, -0.15) is 0 Å². The van der Waals surface area contributed by atoms with E-state index < -0.39 is 0 Å². The van der Waals surface area contributed by atoms with Crippen molar-refractivity contribution in [2.75, 3.05) is 6.61 Å². The number of fused-ring (bicyclic) bond motifs is 1. The number of para-hydroxylation sites is 1. The van der Waals surface area contributed by atoms with E-state index in [0.29, 0.717) is 0 Å². The lowest BCUT2D eigenvalue weighted by Crippen LogP contribution is -2.15. The van der Waals surface area contributed by atoms with Gasteiger partial charge in [-0.1, -0.05) is 37.5 Å². The van der Waals surface area contributed by atoms with E-state index >= 15 is 0 Å². The smallest absolute Gasteiger partial charge is 0.128 e. The zero-order valence-corrected chi connectivity index (χ0v) is 9.48. The van der Waals surface area contributed by atoms with Crippen LogP contribution in [0.5, 0.6) is 5.75 Å². The Morgan fingerprint density at radius 3 is 3.00 bits per heavy atom. The number of aliphatic hydroxyl groups excluding tert-OH is 1. The average Bonchev–Trinajstić information content (AvgIpc) is 2.70. The van der Waals surface area contributed by atoms with Crippen LogP contribution in [-0.4, -0.2) is 11.7 Å². The van der Waals surface area contributed by atoms with E-state index in [1.165, 1.54) is 24.8 Å². The molecule has 1 heterocycles. The maximum atomic E-state index is 10.2. The molecule has 1 fully saturated rings. The van der Waals surface area contributed by atoms with Crippen LogP contribution in [-0.2, 0) is 6.42 Å². The molecule has 1 saturated carbocycles. The molecule has 16 heavy (non-hydrogen) atoms. The van der Waals surface area contributed by atoms with Gasteiger partial charge >= 0.3 is 0 Å². The summed E-state index contributed by atoms with van der Waals surface area (Å²) in [5.41, 5.74) is 2.26. The summed E-state index contributed by atoms with van der Waals surface area (Å²) < 4.78 is 5.62. The van der Waals surface area contributed by atoms with E-state index in [1.54, 1.807) is 0 Å². The van der Waals surface area contributed by atoms with Crippen molar-refractivity contribution in [3.63, 3.8) is 0 Å². The minimum atomic E-state index is -0.335. The van der Waals surface area contributed by atoms with Gasteiger partial charge in [0.2, 0.25) is 0 Å². The third-order valence-electron chi connectivity index (χ3n) is 3.89. The third kappa shape index (κ3) is 1.71. The lowest BCUT2D eigenvalue weighted by Gasteiger charge is -2.28. The maximum absolute atomic E-state index is 10.2. The molecule has 2 heteroatoms. The number of benzene rings is 1. The monoisotopic (exact) mass is 218 g/mol. The molecule has 0 radical (unpaired) electrons. The number of ether oxygens (including phenoxy) is 1. The summed E-state index contributed by atoms with van der Waals surface area (Å²) in [4.78, 5) is 0. The zero-order chi connectivity index (χ0) is 11.0. The van der Waals surface area contributed by atoms with E-state index in [9.17, 15) is 5.11 Å². The molecule has 0 saturated heterocycles. The number of aliphatic hydroxyl groups is 1. The van der Waals surface area contributed by atoms with E-state index in [2.05, 4.69) is 6.07 Å². The Labute approximate surface area is 96.2 Å². The van der Waals surface area contributed by atoms with Crippen LogP contribution in [0.1, 0.15) is 42.9 Å². The van der Waals surface area contributed by atoms with Crippen LogP contribution in [0.4, 0.5) is 0 Å². The van der Waals surface area contributed by atoms with Gasteiger partial charge in [0.05, 0.1) is 12.7 Å². The van der Waals surface area contributed by atoms with Crippen LogP contribution in [0, 0.1) is 5.92 Å². The van der Waals surface area contributed by atoms with Gasteiger partial charge in [-0.25, -0.2) is 0 Å². The summed E-state index contributed by atoms with van der Waals surface area (Å²) in [6.07, 6.45) is 5.46. The summed E-state index contributed by atoms with van der Waals surface area (Å²) in [7, 11) is 0. The van der Waals surface area contributed by atoms with Gasteiger partial charge in [-0.3, -0.25) is 0 Å². The number of rotatable bonds is 3. The molecule has 2 nitrogen and oxygen atoms in total. The fraction of sp³-hybridized carbons (Fsp3) is 0.571. The van der Waals surface area contributed by atoms with Crippen molar-refractivity contribution in [2.45, 2.75) is 38.2 Å². The molecule has 1 aliphatic carbocycles. The molecular weight excluding hydrogens is 200 g/mol. The number of hydrogen-bond donors (Lipinski definition) is 1. The first-order valence-electron chi connectivity index (χ1n) is 6.27. The highest BCUT2D eigenvalue weighted by molar-refractivity contribution is 5.45. The Balaban J connectivity index is 1.79. The van der Waals surface area contributed by atoms with Crippen LogP contribution in [0.25, 0.3) is 0 Å². The normalized spacial score (nSPS) is 21.1. The second kappa shape index (κ2) is 4.10. The maximum Gasteiger partial charge on any atom is 0.128 e. The van der Waals surface area contributed by atoms with Crippen LogP contribution in [0.2, 0.25) is 0 Å². The van der Waals surface area contributed by atoms with E-state index in [-0.39, 0.29) is 6.10 Å². The molecule has 1 atom stereocenters. The molecule has 1 unspecified atom stereocenters. The van der Waals surface area contributed by atoms with Gasteiger partial charge in [-0.15, -0.1) is 0 Å². The predicted octanol–water partition coefficient (Wildman–Crippen LogP) is 2.85. The van der Waals surface area contributed by atoms with Crippen molar-refractivity contribution in [1.29, 1.82) is 0 Å². The predicted molar refractivity (Wildman–Crippen MR) is 62.6 cm³/mol. The van der Waals surface area contributed by atoms with Gasteiger partial charge in [-0.05, 0) is 17.9 Å². The average molecular weight is 218 g/mol. The zero-order valence-electron chi connectivity index (χ0n) is 9.48. The van der Waals surface area contributed by atoms with E-state index in [4.69, 9.17) is 4.74 Å². The van der Waals surface area contributed by atoms with Crippen molar-refractivity contribution in [1.82, 2.24) is 0 Å². The summed E-state index contributed by atoms with van der Waals surface area (Å²) in [6, 6.07) is 6.14. The van der Waals surface area contributed by atoms with Crippen LogP contribution < -0.4 is 4.74 Å². The quantitative estimate of drug-likeness (QED) is 0.845. The molecule has 86 valence electrons. The lowest BCUT2D eigenvalue weighted by molar-refractivity contribution is 0.116. The van der Waals surface area contributed by atoms with Gasteiger partial charge in [0.1, 0.15) is 5.75 Å². The fourth-order valence-corrected chi connectivity index (χ4v) is 2.67. The van der Waals surface area contributed by atoms with Gasteiger partial charge in [0, 0.05) is 12.0 Å². The van der Waals surface area contributed by atoms with Crippen LogP contribution in [0.15, 0.2) is 18.2 Å². The largest absolute Gasteiger partial charge is 0.493 e. The Morgan fingerprint density at radius 2 is 2.25 bits per heavy atom. The molecule has 1 aliphatic heterocycles. The number of hydrogen-bond acceptors (Lipinski definition) is 2. The third-order valence-corrected chi connectivity index (χ3v) is 3.89. The molecule has 2 aliphatic rings. The summed E-state index contributed by atoms with van der Waals surface area (Å²) in [6.45, 7) is 0.766. The summed E-state index contributed by atoms with van der Waals surface area (Å²) in [5, 5.41) is 10.2. The standard InChI is InChI=1S/C14H18O2/c15-13(9-10-3-1-4-10)12-6-2-5-11-7-8-16-14(11)12/h2,5-6,10,13,15H,1,3-4,7-9H2. The fourth-order valence-electron chi connectivity index (χ4n) is 2.67. The highest BCUT2D eigenvalue weighted by Crippen LogP contribution is 2.39. The van der Waals surface area contributed by atoms with Gasteiger partial charge in [0.15, 0.2) is 0 Å². The molecule has 1 N–H and O–H groups in total. The highest BCUT2D eigenvalue weighted by Gasteiger charge is 2.25. The Bertz CT molecular complexity index is 382. The summed E-state index contributed by atoms with van der Waals surface area (Å²) in [5.74, 6) is 1.68. The van der Waals surface area contributed by atoms with Crippen molar-refractivity contribution in [3.05, 3.63) is 29.3 Å². The Hall–Kier alpha value is -1.02. The second-order valence-electron chi connectivity index (χ2n) is 4.98. The molecule has 0 amide bonds. The first-order valence-corrected chi connectivity index (χ1v) is 6.27. The van der Waals surface area contributed by atoms with Crippen molar-refractivity contribution in [3.8, 4) is 5.75 Å².